The smallest absolute Gasteiger partial charge is 1.00 e. The second kappa shape index (κ2) is 6.53. The van der Waals surface area contributed by atoms with E-state index in [0.29, 0.717) is 11.2 Å². The summed E-state index contributed by atoms with van der Waals surface area (Å²) >= 11 is 0. The molecule has 2 aromatic rings. The van der Waals surface area contributed by atoms with Gasteiger partial charge in [0.25, 0.3) is 11.5 Å². The van der Waals surface area contributed by atoms with Gasteiger partial charge in [0.05, 0.1) is 6.33 Å². The van der Waals surface area contributed by atoms with Crippen LogP contribution < -0.4 is 40.8 Å². The Hall–Kier alpha value is -1.38. The molecule has 0 atom stereocenters. The van der Waals surface area contributed by atoms with Crippen LogP contribution in [-0.2, 0) is 18.9 Å². The molecule has 0 aliphatic carbocycles. The number of carbonyl (C=O) groups is 1. The number of H-pyrrole nitrogens is 1. The molecule has 0 radical (unpaired) electrons. The van der Waals surface area contributed by atoms with Crippen LogP contribution in [0.15, 0.2) is 15.9 Å². The molecule has 2 N–H and O–H groups in total. The van der Waals surface area contributed by atoms with E-state index in [1.807, 2.05) is 0 Å². The molecule has 0 fully saturated rings. The van der Waals surface area contributed by atoms with Crippen molar-refractivity contribution in [3.05, 3.63) is 27.2 Å². The van der Waals surface area contributed by atoms with Crippen molar-refractivity contribution in [2.24, 2.45) is 14.1 Å². The monoisotopic (exact) mass is 264 g/mol. The van der Waals surface area contributed by atoms with E-state index in [-0.39, 0.29) is 42.2 Å². The molecule has 2 rings (SSSR count). The Morgan fingerprint density at radius 1 is 1.39 bits per heavy atom. The summed E-state index contributed by atoms with van der Waals surface area (Å²) in [5.74, 6) is -0.833. The van der Waals surface area contributed by atoms with Crippen LogP contribution in [0, 0.1) is 0 Å². The van der Waals surface area contributed by atoms with Gasteiger partial charge in [-0.3, -0.25) is 18.7 Å². The van der Waals surface area contributed by atoms with E-state index >= 15 is 0 Å². The number of aliphatic carboxylic acids is 1. The van der Waals surface area contributed by atoms with E-state index in [1.54, 1.807) is 7.05 Å². The van der Waals surface area contributed by atoms with E-state index < -0.39 is 5.97 Å². The second-order valence-corrected chi connectivity index (χ2v) is 3.33. The van der Waals surface area contributed by atoms with Crippen LogP contribution in [0.5, 0.6) is 0 Å². The third kappa shape index (κ3) is 3.31. The summed E-state index contributed by atoms with van der Waals surface area (Å²) in [7, 11) is 3.01. The molecule has 0 spiro atoms. The van der Waals surface area contributed by atoms with E-state index in [9.17, 15) is 9.59 Å². The van der Waals surface area contributed by atoms with Crippen LogP contribution in [0.2, 0.25) is 0 Å². The van der Waals surface area contributed by atoms with Crippen molar-refractivity contribution < 1.29 is 40.9 Å². The van der Waals surface area contributed by atoms with Crippen LogP contribution in [0.3, 0.4) is 0 Å². The van der Waals surface area contributed by atoms with Crippen LogP contribution >= 0.6 is 0 Å². The van der Waals surface area contributed by atoms with Gasteiger partial charge in [0.15, 0.2) is 5.65 Å². The standard InChI is InChI=1S/C7H8N4O2.C2H4O2.Na.H/c1-10-5-4(8-3-9-5)6(12)11(2)7(10)13;1-2(3)4;;/h3H,1-2H3,(H,8,9);1H3,(H,3,4);;/q;;+1;-1. The third-order valence-corrected chi connectivity index (χ3v) is 2.03. The van der Waals surface area contributed by atoms with Crippen molar-refractivity contribution in [1.29, 1.82) is 0 Å². The molecule has 0 saturated heterocycles. The summed E-state index contributed by atoms with van der Waals surface area (Å²) in [5.41, 5.74) is 0.0119. The number of nitrogens with zero attached hydrogens (tertiary/aromatic N) is 3. The minimum atomic E-state index is -0.833. The molecular weight excluding hydrogens is 251 g/mol. The number of fused-ring (bicyclic) bond motifs is 1. The number of hydrogen-bond donors (Lipinski definition) is 2. The molecule has 0 amide bonds. The summed E-state index contributed by atoms with van der Waals surface area (Å²) in [6, 6.07) is 0. The third-order valence-electron chi connectivity index (χ3n) is 2.03. The van der Waals surface area contributed by atoms with E-state index in [0.717, 1.165) is 11.5 Å². The Morgan fingerprint density at radius 2 is 1.89 bits per heavy atom. The maximum atomic E-state index is 11.4. The molecule has 94 valence electrons. The minimum absolute atomic E-state index is 0. The number of aromatic nitrogens is 4. The minimum Gasteiger partial charge on any atom is -1.00 e. The summed E-state index contributed by atoms with van der Waals surface area (Å²) < 4.78 is 2.37. The van der Waals surface area contributed by atoms with Crippen LogP contribution in [0.1, 0.15) is 8.35 Å². The number of hydrogen-bond acceptors (Lipinski definition) is 4. The molecule has 0 unspecified atom stereocenters. The predicted molar refractivity (Wildman–Crippen MR) is 61.0 cm³/mol. The van der Waals surface area contributed by atoms with Gasteiger partial charge in [-0.05, 0) is 0 Å². The summed E-state index contributed by atoms with van der Waals surface area (Å²) in [4.78, 5) is 38.4. The van der Waals surface area contributed by atoms with Gasteiger partial charge in [-0.2, -0.15) is 0 Å². The quantitative estimate of drug-likeness (QED) is 0.474. The molecule has 0 bridgehead atoms. The molecule has 0 aliphatic rings. The van der Waals surface area contributed by atoms with Crippen molar-refractivity contribution in [3.63, 3.8) is 0 Å². The fourth-order valence-electron chi connectivity index (χ4n) is 1.27. The molecule has 9 heteroatoms. The van der Waals surface area contributed by atoms with E-state index in [1.165, 1.54) is 17.9 Å². The topological polar surface area (TPSA) is 110 Å². The molecule has 2 aromatic heterocycles. The number of aryl methyl sites for hydroxylation is 1. The Kier molecular flexibility index (Phi) is 6.02. The van der Waals surface area contributed by atoms with Gasteiger partial charge in [-0.1, -0.05) is 0 Å². The van der Waals surface area contributed by atoms with Gasteiger partial charge in [0.1, 0.15) is 5.52 Å². The van der Waals surface area contributed by atoms with Gasteiger partial charge >= 0.3 is 35.2 Å². The Balaban J connectivity index is 0. The van der Waals surface area contributed by atoms with Gasteiger partial charge in [-0.25, -0.2) is 9.78 Å². The van der Waals surface area contributed by atoms with Crippen molar-refractivity contribution in [1.82, 2.24) is 19.1 Å². The Morgan fingerprint density at radius 3 is 2.39 bits per heavy atom. The second-order valence-electron chi connectivity index (χ2n) is 3.33. The zero-order valence-corrected chi connectivity index (χ0v) is 12.6. The maximum absolute atomic E-state index is 11.4. The molecular formula is C9H13N4NaO4. The SMILES string of the molecule is CC(=O)O.Cn1c(=O)c2[nH]cnc2n(C)c1=O.[H-].[Na+]. The first-order chi connectivity index (χ1) is 7.86. The molecule has 0 saturated carbocycles. The van der Waals surface area contributed by atoms with Gasteiger partial charge in [0, 0.05) is 21.0 Å². The van der Waals surface area contributed by atoms with Crippen molar-refractivity contribution >= 4 is 17.1 Å². The fraction of sp³-hybridized carbons (Fsp3) is 0.333. The van der Waals surface area contributed by atoms with Crippen LogP contribution in [-0.4, -0.2) is 30.2 Å². The zero-order valence-electron chi connectivity index (χ0n) is 11.6. The number of aromatic amines is 1. The number of carboxylic acids is 1. The number of imidazole rings is 1. The van der Waals surface area contributed by atoms with Gasteiger partial charge in [0.2, 0.25) is 0 Å². The molecule has 2 heterocycles. The van der Waals surface area contributed by atoms with E-state index in [4.69, 9.17) is 9.90 Å². The van der Waals surface area contributed by atoms with Crippen molar-refractivity contribution in [3.8, 4) is 0 Å². The van der Waals surface area contributed by atoms with Gasteiger partial charge < -0.3 is 11.5 Å². The number of rotatable bonds is 0. The average Bonchev–Trinajstić information content (AvgIpc) is 2.71. The first-order valence-electron chi connectivity index (χ1n) is 4.65. The van der Waals surface area contributed by atoms with Crippen molar-refractivity contribution in [2.45, 2.75) is 6.92 Å². The average molecular weight is 264 g/mol. The zero-order chi connectivity index (χ0) is 13.2. The Bertz CT molecular complexity index is 671. The van der Waals surface area contributed by atoms with Crippen LogP contribution in [0.25, 0.3) is 11.2 Å². The molecule has 8 nitrogen and oxygen atoms in total. The van der Waals surface area contributed by atoms with Crippen LogP contribution in [0.4, 0.5) is 0 Å². The maximum Gasteiger partial charge on any atom is 1.00 e. The summed E-state index contributed by atoms with van der Waals surface area (Å²) in [6.07, 6.45) is 1.39. The first kappa shape index (κ1) is 16.6. The number of carboxylic acid groups (broad SMARTS) is 1. The van der Waals surface area contributed by atoms with E-state index in [2.05, 4.69) is 9.97 Å². The van der Waals surface area contributed by atoms with Gasteiger partial charge in [-0.15, -0.1) is 0 Å². The van der Waals surface area contributed by atoms with Crippen molar-refractivity contribution in [2.75, 3.05) is 0 Å². The predicted octanol–water partition coefficient (Wildman–Crippen LogP) is -3.83. The summed E-state index contributed by atoms with van der Waals surface area (Å²) in [6.45, 7) is 1.08. The Labute approximate surface area is 125 Å². The fourth-order valence-corrected chi connectivity index (χ4v) is 1.27. The normalized spacial score (nSPS) is 9.28. The molecule has 0 aromatic carbocycles. The molecule has 0 aliphatic heterocycles. The first-order valence-corrected chi connectivity index (χ1v) is 4.65. The summed E-state index contributed by atoms with van der Waals surface area (Å²) in [5, 5.41) is 7.42. The largest absolute Gasteiger partial charge is 1.00 e. The molecule has 18 heavy (non-hydrogen) atoms. The number of nitrogens with one attached hydrogen (secondary N) is 1.